The zero-order valence-corrected chi connectivity index (χ0v) is 21.3. The van der Waals surface area contributed by atoms with Gasteiger partial charge in [-0.2, -0.15) is 0 Å². The highest BCUT2D eigenvalue weighted by Crippen LogP contribution is 2.39. The Hall–Kier alpha value is -3.88. The van der Waals surface area contributed by atoms with Gasteiger partial charge in [-0.25, -0.2) is 4.79 Å². The van der Waals surface area contributed by atoms with Crippen molar-refractivity contribution in [1.82, 2.24) is 10.2 Å². The molecule has 9 heteroatoms. The van der Waals surface area contributed by atoms with Crippen LogP contribution in [0.3, 0.4) is 0 Å². The first kappa shape index (κ1) is 24.5. The molecule has 0 aliphatic carbocycles. The molecule has 0 spiro atoms. The average Bonchev–Trinajstić information content (AvgIpc) is 3.23. The summed E-state index contributed by atoms with van der Waals surface area (Å²) in [5.41, 5.74) is 4.14. The van der Waals surface area contributed by atoms with Crippen molar-refractivity contribution in [3.63, 3.8) is 0 Å². The Morgan fingerprint density at radius 3 is 2.34 bits per heavy atom. The molecule has 4 aliphatic rings. The van der Waals surface area contributed by atoms with Gasteiger partial charge >= 0.3 is 5.97 Å². The number of rotatable bonds is 6. The summed E-state index contributed by atoms with van der Waals surface area (Å²) >= 11 is 0. The summed E-state index contributed by atoms with van der Waals surface area (Å²) in [5, 5.41) is 11.5. The molecule has 3 saturated heterocycles. The predicted octanol–water partition coefficient (Wildman–Crippen LogP) is 2.89. The van der Waals surface area contributed by atoms with E-state index in [1.165, 1.54) is 6.42 Å². The summed E-state index contributed by atoms with van der Waals surface area (Å²) in [4.78, 5) is 54.5. The van der Waals surface area contributed by atoms with Gasteiger partial charge in [-0.15, -0.1) is 0 Å². The molecule has 38 heavy (non-hydrogen) atoms. The SMILES string of the molecule is O=C1CCC(N2Cc3c(cccc3N3CC(CC4CCN(c5ccc(C(=O)O)cc5)CC4)C3)C2=O)C(=O)N1. The van der Waals surface area contributed by atoms with Crippen LogP contribution in [0.25, 0.3) is 0 Å². The first-order chi connectivity index (χ1) is 18.4. The van der Waals surface area contributed by atoms with Gasteiger partial charge in [-0.1, -0.05) is 6.07 Å². The van der Waals surface area contributed by atoms with Crippen molar-refractivity contribution in [2.75, 3.05) is 36.0 Å². The standard InChI is InChI=1S/C29H32N4O5/c34-26-9-8-25(27(35)30-26)33-17-23-22(28(33)36)2-1-3-24(23)32-15-19(16-32)14-18-10-12-31(13-11-18)21-6-4-20(5-7-21)29(37)38/h1-7,18-19,25H,8-17H2,(H,37,38)(H,30,34,35). The third kappa shape index (κ3) is 4.50. The monoisotopic (exact) mass is 516 g/mol. The van der Waals surface area contributed by atoms with Crippen LogP contribution < -0.4 is 15.1 Å². The van der Waals surface area contributed by atoms with Crippen LogP contribution in [-0.2, 0) is 16.1 Å². The first-order valence-corrected chi connectivity index (χ1v) is 13.5. The van der Waals surface area contributed by atoms with Gasteiger partial charge in [-0.05, 0) is 73.9 Å². The average molecular weight is 517 g/mol. The maximum absolute atomic E-state index is 13.1. The summed E-state index contributed by atoms with van der Waals surface area (Å²) in [6, 6.07) is 12.4. The number of fused-ring (bicyclic) bond motifs is 1. The molecule has 2 N–H and O–H groups in total. The van der Waals surface area contributed by atoms with E-state index in [2.05, 4.69) is 21.2 Å². The summed E-state index contributed by atoms with van der Waals surface area (Å²) in [6.45, 7) is 4.32. The van der Waals surface area contributed by atoms with Crippen molar-refractivity contribution in [1.29, 1.82) is 0 Å². The molecule has 0 radical (unpaired) electrons. The number of nitrogens with one attached hydrogen (secondary N) is 1. The summed E-state index contributed by atoms with van der Waals surface area (Å²) < 4.78 is 0. The first-order valence-electron chi connectivity index (χ1n) is 13.5. The lowest BCUT2D eigenvalue weighted by molar-refractivity contribution is -0.136. The van der Waals surface area contributed by atoms with Crippen molar-refractivity contribution in [2.45, 2.75) is 44.7 Å². The number of carboxylic acids is 1. The fraction of sp³-hybridized carbons (Fsp3) is 0.448. The number of carbonyl (C=O) groups is 4. The Morgan fingerprint density at radius 2 is 1.66 bits per heavy atom. The molecule has 1 atom stereocenters. The number of benzene rings is 2. The van der Waals surface area contributed by atoms with Crippen molar-refractivity contribution < 1.29 is 24.3 Å². The molecular formula is C29H32N4O5. The van der Waals surface area contributed by atoms with Crippen LogP contribution in [0.1, 0.15) is 58.4 Å². The van der Waals surface area contributed by atoms with Gasteiger partial charge in [0.1, 0.15) is 6.04 Å². The largest absolute Gasteiger partial charge is 0.478 e. The minimum Gasteiger partial charge on any atom is -0.478 e. The molecule has 2 aromatic carbocycles. The molecule has 4 heterocycles. The van der Waals surface area contributed by atoms with E-state index in [0.717, 1.165) is 56.0 Å². The molecule has 9 nitrogen and oxygen atoms in total. The van der Waals surface area contributed by atoms with Crippen molar-refractivity contribution in [3.8, 4) is 0 Å². The Kier molecular flexibility index (Phi) is 6.29. The van der Waals surface area contributed by atoms with Crippen molar-refractivity contribution >= 4 is 35.1 Å². The quantitative estimate of drug-likeness (QED) is 0.568. The second kappa shape index (κ2) is 9.78. The number of carboxylic acid groups (broad SMARTS) is 1. The number of carbonyl (C=O) groups excluding carboxylic acids is 3. The number of imide groups is 1. The lowest BCUT2D eigenvalue weighted by atomic mass is 9.83. The second-order valence-electron chi connectivity index (χ2n) is 11.0. The molecule has 0 aromatic heterocycles. The van der Waals surface area contributed by atoms with E-state index >= 15 is 0 Å². The van der Waals surface area contributed by atoms with Gasteiger partial charge in [0.25, 0.3) is 5.91 Å². The zero-order chi connectivity index (χ0) is 26.4. The number of hydrogen-bond donors (Lipinski definition) is 2. The van der Waals surface area contributed by atoms with E-state index in [-0.39, 0.29) is 24.1 Å². The van der Waals surface area contributed by atoms with Gasteiger partial charge in [0.05, 0.1) is 5.56 Å². The number of aromatic carboxylic acids is 1. The van der Waals surface area contributed by atoms with Crippen LogP contribution >= 0.6 is 0 Å². The van der Waals surface area contributed by atoms with Crippen LogP contribution in [0.15, 0.2) is 42.5 Å². The molecule has 4 aliphatic heterocycles. The van der Waals surface area contributed by atoms with E-state index in [4.69, 9.17) is 5.11 Å². The number of amides is 3. The normalized spacial score (nSPS) is 22.4. The lowest BCUT2D eigenvalue weighted by Gasteiger charge is -2.44. The van der Waals surface area contributed by atoms with Crippen LogP contribution in [0.2, 0.25) is 0 Å². The summed E-state index contributed by atoms with van der Waals surface area (Å²) in [7, 11) is 0. The topological polar surface area (TPSA) is 110 Å². The van der Waals surface area contributed by atoms with Crippen molar-refractivity contribution in [2.24, 2.45) is 11.8 Å². The Morgan fingerprint density at radius 1 is 0.921 bits per heavy atom. The molecular weight excluding hydrogens is 484 g/mol. The number of hydrogen-bond acceptors (Lipinski definition) is 6. The number of nitrogens with zero attached hydrogens (tertiary/aromatic N) is 3. The smallest absolute Gasteiger partial charge is 0.335 e. The second-order valence-corrected chi connectivity index (χ2v) is 11.0. The molecule has 3 amide bonds. The van der Waals surface area contributed by atoms with E-state index < -0.39 is 12.0 Å². The van der Waals surface area contributed by atoms with E-state index in [0.29, 0.717) is 35.9 Å². The lowest BCUT2D eigenvalue weighted by Crippen LogP contribution is -2.52. The summed E-state index contributed by atoms with van der Waals surface area (Å²) in [5.74, 6) is -0.372. The predicted molar refractivity (Wildman–Crippen MR) is 141 cm³/mol. The minimum absolute atomic E-state index is 0.127. The highest BCUT2D eigenvalue weighted by Gasteiger charge is 2.41. The van der Waals surface area contributed by atoms with E-state index in [1.54, 1.807) is 17.0 Å². The van der Waals surface area contributed by atoms with Gasteiger partial charge < -0.3 is 19.8 Å². The maximum Gasteiger partial charge on any atom is 0.335 e. The van der Waals surface area contributed by atoms with Crippen LogP contribution in [0.4, 0.5) is 11.4 Å². The third-order valence-electron chi connectivity index (χ3n) is 8.62. The molecule has 0 bridgehead atoms. The fourth-order valence-corrected chi connectivity index (χ4v) is 6.49. The zero-order valence-electron chi connectivity index (χ0n) is 21.3. The fourth-order valence-electron chi connectivity index (χ4n) is 6.49. The molecule has 6 rings (SSSR count). The van der Waals surface area contributed by atoms with Crippen molar-refractivity contribution in [3.05, 3.63) is 59.2 Å². The summed E-state index contributed by atoms with van der Waals surface area (Å²) in [6.07, 6.45) is 4.09. The van der Waals surface area contributed by atoms with Gasteiger partial charge in [0, 0.05) is 61.6 Å². The number of anilines is 2. The number of piperidine rings is 2. The third-order valence-corrected chi connectivity index (χ3v) is 8.62. The molecule has 198 valence electrons. The van der Waals surface area contributed by atoms with Crippen LogP contribution in [-0.4, -0.2) is 65.9 Å². The van der Waals surface area contributed by atoms with Gasteiger partial charge in [0.2, 0.25) is 11.8 Å². The molecule has 0 saturated carbocycles. The van der Waals surface area contributed by atoms with Gasteiger partial charge in [0.15, 0.2) is 0 Å². The maximum atomic E-state index is 13.1. The van der Waals surface area contributed by atoms with Crippen LogP contribution in [0.5, 0.6) is 0 Å². The van der Waals surface area contributed by atoms with Crippen LogP contribution in [0, 0.1) is 11.8 Å². The van der Waals surface area contributed by atoms with Gasteiger partial charge in [-0.3, -0.25) is 19.7 Å². The highest BCUT2D eigenvalue weighted by molar-refractivity contribution is 6.06. The Bertz CT molecular complexity index is 1280. The van der Waals surface area contributed by atoms with E-state index in [1.807, 2.05) is 24.3 Å². The Balaban J connectivity index is 1.02. The molecule has 1 unspecified atom stereocenters. The molecule has 2 aromatic rings. The highest BCUT2D eigenvalue weighted by atomic mass is 16.4. The minimum atomic E-state index is -0.900. The Labute approximate surface area is 221 Å². The van der Waals surface area contributed by atoms with E-state index in [9.17, 15) is 19.2 Å². The molecule has 3 fully saturated rings.